The Kier molecular flexibility index (Phi) is 10.1. The Labute approximate surface area is 247 Å². The fourth-order valence-electron chi connectivity index (χ4n) is 3.24. The summed E-state index contributed by atoms with van der Waals surface area (Å²) in [6.45, 7) is 0.809. The van der Waals surface area contributed by atoms with Gasteiger partial charge in [-0.25, -0.2) is 0 Å². The molecule has 0 saturated carbocycles. The molecule has 0 radical (unpaired) electrons. The lowest BCUT2D eigenvalue weighted by atomic mass is 10.2. The minimum atomic E-state index is -2.50. The molecule has 5 nitrogen and oxygen atoms in total. The van der Waals surface area contributed by atoms with Gasteiger partial charge in [0.2, 0.25) is 0 Å². The lowest BCUT2D eigenvalue weighted by Crippen LogP contribution is -2.13. The number of nitrogens with two attached hydrogens (primary N) is 1. The van der Waals surface area contributed by atoms with E-state index in [1.54, 1.807) is 30.3 Å². The van der Waals surface area contributed by atoms with E-state index in [4.69, 9.17) is 31.6 Å². The van der Waals surface area contributed by atoms with Crippen LogP contribution in [-0.2, 0) is 6.54 Å². The number of anilines is 1. The molecule has 0 aliphatic heterocycles. The van der Waals surface area contributed by atoms with Gasteiger partial charge in [0.15, 0.2) is 0 Å². The number of hydrogen-bond donors (Lipinski definition) is 3. The second kappa shape index (κ2) is 15.6. The second-order valence-corrected chi connectivity index (χ2v) is 9.74. The molecule has 4 N–H and O–H groups in total. The van der Waals surface area contributed by atoms with Crippen molar-refractivity contribution in [3.8, 4) is 5.75 Å². The Hall–Kier alpha value is -3.62. The maximum atomic E-state index is 7.94. The molecule has 0 heterocycles. The largest absolute Gasteiger partial charge is 0.495 e. The third-order valence-corrected chi connectivity index (χ3v) is 6.16. The van der Waals surface area contributed by atoms with Gasteiger partial charge in [-0.05, 0) is 76.2 Å². The summed E-state index contributed by atoms with van der Waals surface area (Å²) in [5, 5.41) is 11.7. The van der Waals surface area contributed by atoms with Gasteiger partial charge in [0.1, 0.15) is 11.6 Å². The molecule has 7 heteroatoms. The van der Waals surface area contributed by atoms with Crippen LogP contribution in [0.1, 0.15) is 20.8 Å². The van der Waals surface area contributed by atoms with Crippen LogP contribution in [0.4, 0.5) is 5.69 Å². The first-order valence-corrected chi connectivity index (χ1v) is 13.2. The van der Waals surface area contributed by atoms with Crippen LogP contribution >= 0.6 is 34.2 Å². The fourth-order valence-corrected chi connectivity index (χ4v) is 3.81. The molecule has 0 atom stereocenters. The molecule has 194 valence electrons. The van der Waals surface area contributed by atoms with E-state index in [1.807, 2.05) is 84.9 Å². The zero-order valence-corrected chi connectivity index (χ0v) is 23.5. The Morgan fingerprint density at radius 1 is 1.03 bits per heavy atom. The fraction of sp³-hybridized carbons (Fsp3) is 0.0968. The zero-order chi connectivity index (χ0) is 29.7. The highest BCUT2D eigenvalue weighted by molar-refractivity contribution is 14.1. The molecule has 38 heavy (non-hydrogen) atoms. The predicted molar refractivity (Wildman–Crippen MR) is 170 cm³/mol. The molecule has 0 amide bonds. The monoisotopic (exact) mass is 642 g/mol. The molecular formula is C31H30ClIN4O. The third-order valence-electron chi connectivity index (χ3n) is 5.20. The molecular weight excluding hydrogens is 607 g/mol. The molecule has 0 aliphatic rings. The van der Waals surface area contributed by atoms with Gasteiger partial charge in [-0.1, -0.05) is 84.4 Å². The molecule has 0 saturated heterocycles. The lowest BCUT2D eigenvalue weighted by Gasteiger charge is -2.10. The third kappa shape index (κ3) is 10.0. The van der Waals surface area contributed by atoms with Crippen molar-refractivity contribution in [3.63, 3.8) is 0 Å². The Morgan fingerprint density at radius 2 is 1.76 bits per heavy atom. The summed E-state index contributed by atoms with van der Waals surface area (Å²) < 4.78 is 27.6. The second-order valence-electron chi connectivity index (χ2n) is 8.06. The number of para-hydroxylation sites is 2. The highest BCUT2D eigenvalue weighted by Crippen LogP contribution is 2.22. The van der Waals surface area contributed by atoms with Gasteiger partial charge in [-0.15, -0.1) is 0 Å². The van der Waals surface area contributed by atoms with Gasteiger partial charge < -0.3 is 21.2 Å². The standard InChI is InChI=1S/C17H18N2O.C14H12ClIN2/c1-20-17-10-6-5-9-16(17)19-13-15(18)12-11-14-7-3-2-4-8-14;15-12-3-1-2-10(8-12)9-18-14(17)11-4-6-13(16)7-5-11/h2-12,18-19H,13H2,1H3;1-8H,9H2,(H2,17,18)/b12-11+,18-15?;/i1T3;. The van der Waals surface area contributed by atoms with E-state index in [0.717, 1.165) is 21.7 Å². The first-order chi connectivity index (χ1) is 19.6. The van der Waals surface area contributed by atoms with Crippen molar-refractivity contribution in [3.05, 3.63) is 134 Å². The predicted octanol–water partition coefficient (Wildman–Crippen LogP) is 7.69. The van der Waals surface area contributed by atoms with Gasteiger partial charge in [0.05, 0.1) is 35.6 Å². The number of amidine groups is 1. The van der Waals surface area contributed by atoms with Crippen molar-refractivity contribution in [1.82, 2.24) is 0 Å². The Balaban J connectivity index is 0.000000232. The molecule has 0 fully saturated rings. The van der Waals surface area contributed by atoms with E-state index < -0.39 is 7.04 Å². The van der Waals surface area contributed by atoms with Crippen molar-refractivity contribution in [2.24, 2.45) is 10.7 Å². The number of aliphatic imine (C=N–C) groups is 1. The molecule has 0 bridgehead atoms. The molecule has 0 aliphatic carbocycles. The van der Waals surface area contributed by atoms with Gasteiger partial charge in [-0.2, -0.15) is 0 Å². The minimum Gasteiger partial charge on any atom is -0.495 e. The normalized spacial score (nSPS) is 12.5. The molecule has 4 aromatic carbocycles. The number of halogens is 2. The van der Waals surface area contributed by atoms with E-state index >= 15 is 0 Å². The number of rotatable bonds is 9. The molecule has 4 rings (SSSR count). The number of benzene rings is 4. The first kappa shape index (κ1) is 24.7. The number of nitrogens with zero attached hydrogens (tertiary/aromatic N) is 1. The van der Waals surface area contributed by atoms with Crippen LogP contribution in [0.5, 0.6) is 5.75 Å². The number of nitrogens with one attached hydrogen (secondary N) is 2. The van der Waals surface area contributed by atoms with E-state index in [2.05, 4.69) is 32.9 Å². The van der Waals surface area contributed by atoms with E-state index in [9.17, 15) is 0 Å². The van der Waals surface area contributed by atoms with E-state index in [0.29, 0.717) is 23.8 Å². The smallest absolute Gasteiger partial charge is 0.141 e. The van der Waals surface area contributed by atoms with Gasteiger partial charge in [0.25, 0.3) is 0 Å². The Morgan fingerprint density at radius 3 is 2.50 bits per heavy atom. The van der Waals surface area contributed by atoms with Crippen molar-refractivity contribution in [2.45, 2.75) is 6.54 Å². The van der Waals surface area contributed by atoms with Crippen LogP contribution in [0, 0.1) is 8.98 Å². The Bertz CT molecular complexity index is 1480. The zero-order valence-electron chi connectivity index (χ0n) is 23.6. The van der Waals surface area contributed by atoms with Gasteiger partial charge in [0, 0.05) is 14.2 Å². The van der Waals surface area contributed by atoms with Crippen molar-refractivity contribution < 1.29 is 8.85 Å². The van der Waals surface area contributed by atoms with Crippen LogP contribution < -0.4 is 15.8 Å². The number of hydrogen-bond acceptors (Lipinski definition) is 4. The van der Waals surface area contributed by atoms with Crippen molar-refractivity contribution in [1.29, 1.82) is 5.41 Å². The van der Waals surface area contributed by atoms with Crippen LogP contribution in [0.2, 0.25) is 5.02 Å². The summed E-state index contributed by atoms with van der Waals surface area (Å²) in [4.78, 5) is 4.37. The summed E-state index contributed by atoms with van der Waals surface area (Å²) in [5.41, 5.74) is 9.87. The summed E-state index contributed by atoms with van der Waals surface area (Å²) in [6.07, 6.45) is 3.56. The average Bonchev–Trinajstić information content (AvgIpc) is 2.95. The maximum absolute atomic E-state index is 7.94. The quantitative estimate of drug-likeness (QED) is 0.0995. The average molecular weight is 643 g/mol. The van der Waals surface area contributed by atoms with Gasteiger partial charge >= 0.3 is 0 Å². The topological polar surface area (TPSA) is 83.5 Å². The van der Waals surface area contributed by atoms with Crippen LogP contribution in [0.3, 0.4) is 0 Å². The summed E-state index contributed by atoms with van der Waals surface area (Å²) in [5.74, 6) is 0.790. The number of ether oxygens (including phenoxy) is 1. The molecule has 0 unspecified atom stereocenters. The maximum Gasteiger partial charge on any atom is 0.141 e. The first-order valence-electron chi connectivity index (χ1n) is 13.2. The molecule has 4 aromatic rings. The van der Waals surface area contributed by atoms with Crippen molar-refractivity contribution >= 4 is 57.5 Å². The highest BCUT2D eigenvalue weighted by Gasteiger charge is 2.01. The van der Waals surface area contributed by atoms with Crippen molar-refractivity contribution in [2.75, 3.05) is 18.9 Å². The van der Waals surface area contributed by atoms with Crippen LogP contribution in [0.25, 0.3) is 6.08 Å². The number of methoxy groups -OCH3 is 1. The van der Waals surface area contributed by atoms with E-state index in [-0.39, 0.29) is 12.3 Å². The minimum absolute atomic E-state index is 0.243. The summed E-state index contributed by atoms with van der Waals surface area (Å²) in [7, 11) is -2.50. The van der Waals surface area contributed by atoms with Crippen LogP contribution in [0.15, 0.2) is 114 Å². The SMILES string of the molecule is NC(=NCc1cccc(Cl)c1)c1ccc(I)cc1.[3H]C([3H])([3H])Oc1ccccc1NCC(=N)/C=C/c1ccccc1. The highest BCUT2D eigenvalue weighted by atomic mass is 127. The van der Waals surface area contributed by atoms with Crippen LogP contribution in [-0.4, -0.2) is 25.1 Å². The lowest BCUT2D eigenvalue weighted by molar-refractivity contribution is 0.416. The van der Waals surface area contributed by atoms with Gasteiger partial charge in [-0.3, -0.25) is 4.99 Å². The van der Waals surface area contributed by atoms with E-state index in [1.165, 1.54) is 3.57 Å². The summed E-state index contributed by atoms with van der Waals surface area (Å²) >= 11 is 8.17. The molecule has 0 spiro atoms. The molecule has 0 aromatic heterocycles. The summed E-state index contributed by atoms with van der Waals surface area (Å²) in [6, 6.07) is 32.1.